The van der Waals surface area contributed by atoms with Crippen LogP contribution in [0, 0.1) is 0 Å². The lowest BCUT2D eigenvalue weighted by atomic mass is 10.1. The minimum Gasteiger partial charge on any atom is -0.493 e. The van der Waals surface area contributed by atoms with Gasteiger partial charge in [0, 0.05) is 18.7 Å². The van der Waals surface area contributed by atoms with Crippen LogP contribution in [0.4, 0.5) is 4.79 Å². The number of benzene rings is 1. The number of ether oxygens (including phenoxy) is 3. The molecule has 1 N–H and O–H groups in total. The van der Waals surface area contributed by atoms with Crippen LogP contribution in [0.5, 0.6) is 17.2 Å². The van der Waals surface area contributed by atoms with Gasteiger partial charge in [0.1, 0.15) is 5.69 Å². The summed E-state index contributed by atoms with van der Waals surface area (Å²) >= 11 is 1.00. The van der Waals surface area contributed by atoms with Gasteiger partial charge < -0.3 is 19.1 Å². The Balaban J connectivity index is 1.52. The predicted molar refractivity (Wildman–Crippen MR) is 113 cm³/mol. The van der Waals surface area contributed by atoms with Crippen LogP contribution in [-0.2, 0) is 4.79 Å². The summed E-state index contributed by atoms with van der Waals surface area (Å²) in [6.07, 6.45) is 0.567. The van der Waals surface area contributed by atoms with Crippen LogP contribution >= 0.6 is 11.8 Å². The summed E-state index contributed by atoms with van der Waals surface area (Å²) in [6, 6.07) is 4.87. The highest BCUT2D eigenvalue weighted by molar-refractivity contribution is 8.14. The highest BCUT2D eigenvalue weighted by Gasteiger charge is 2.40. The first-order chi connectivity index (χ1) is 15.0. The third-order valence-electron chi connectivity index (χ3n) is 5.37. The van der Waals surface area contributed by atoms with Crippen LogP contribution in [0.2, 0.25) is 0 Å². The molecular weight excluding hydrogens is 424 g/mol. The van der Waals surface area contributed by atoms with Gasteiger partial charge in [0.05, 0.1) is 38.8 Å². The van der Waals surface area contributed by atoms with E-state index in [4.69, 9.17) is 14.2 Å². The quantitative estimate of drug-likeness (QED) is 0.717. The minimum absolute atomic E-state index is 0.169. The lowest BCUT2D eigenvalue weighted by molar-refractivity contribution is -0.126. The molecule has 2 aliphatic heterocycles. The third kappa shape index (κ3) is 3.80. The monoisotopic (exact) mass is 446 g/mol. The lowest BCUT2D eigenvalue weighted by Crippen LogP contribution is -2.41. The third-order valence-corrected chi connectivity index (χ3v) is 6.20. The van der Waals surface area contributed by atoms with Gasteiger partial charge in [-0.3, -0.25) is 24.4 Å². The summed E-state index contributed by atoms with van der Waals surface area (Å²) in [4.78, 5) is 39.8. The molecule has 1 atom stereocenters. The number of carbonyl (C=O) groups is 3. The molecule has 1 aromatic heterocycles. The Morgan fingerprint density at radius 3 is 2.42 bits per heavy atom. The Bertz CT molecular complexity index is 997. The molecule has 0 radical (unpaired) electrons. The van der Waals surface area contributed by atoms with Crippen molar-refractivity contribution in [3.63, 3.8) is 0 Å². The number of imide groups is 1. The van der Waals surface area contributed by atoms with Crippen molar-refractivity contribution in [1.82, 2.24) is 20.0 Å². The predicted octanol–water partition coefficient (Wildman–Crippen LogP) is 2.01. The van der Waals surface area contributed by atoms with Crippen molar-refractivity contribution in [3.05, 3.63) is 23.9 Å². The van der Waals surface area contributed by atoms with Crippen molar-refractivity contribution < 1.29 is 28.6 Å². The van der Waals surface area contributed by atoms with Crippen LogP contribution in [0.15, 0.2) is 18.2 Å². The first-order valence-corrected chi connectivity index (χ1v) is 10.6. The molecular formula is C20H22N4O6S. The number of rotatable bonds is 6. The Morgan fingerprint density at radius 1 is 1.13 bits per heavy atom. The molecule has 0 aliphatic carbocycles. The van der Waals surface area contributed by atoms with Crippen LogP contribution < -0.4 is 14.2 Å². The summed E-state index contributed by atoms with van der Waals surface area (Å²) in [5, 5.41) is 6.80. The molecule has 10 nitrogen and oxygen atoms in total. The second-order valence-electron chi connectivity index (χ2n) is 7.09. The highest BCUT2D eigenvalue weighted by atomic mass is 32.2. The Kier molecular flexibility index (Phi) is 5.77. The van der Waals surface area contributed by atoms with E-state index >= 15 is 0 Å². The topological polar surface area (TPSA) is 114 Å². The zero-order valence-corrected chi connectivity index (χ0v) is 18.2. The van der Waals surface area contributed by atoms with Crippen LogP contribution in [0.1, 0.15) is 16.9 Å². The van der Waals surface area contributed by atoms with E-state index in [2.05, 4.69) is 10.2 Å². The van der Waals surface area contributed by atoms with Crippen molar-refractivity contribution in [3.8, 4) is 28.5 Å². The molecule has 11 heteroatoms. The molecule has 0 bridgehead atoms. The highest BCUT2D eigenvalue weighted by Crippen LogP contribution is 2.41. The number of carbonyl (C=O) groups excluding carboxylic acids is 3. The molecule has 2 saturated heterocycles. The Morgan fingerprint density at radius 2 is 1.84 bits per heavy atom. The van der Waals surface area contributed by atoms with E-state index in [-0.39, 0.29) is 28.8 Å². The van der Waals surface area contributed by atoms with Gasteiger partial charge in [-0.25, -0.2) is 0 Å². The summed E-state index contributed by atoms with van der Waals surface area (Å²) in [6.45, 7) is 0.777. The van der Waals surface area contributed by atoms with E-state index in [0.29, 0.717) is 53.7 Å². The van der Waals surface area contributed by atoms with Crippen molar-refractivity contribution in [2.45, 2.75) is 12.5 Å². The van der Waals surface area contributed by atoms with Crippen molar-refractivity contribution in [2.24, 2.45) is 0 Å². The number of hydrogen-bond donors (Lipinski definition) is 1. The Labute approximate surface area is 182 Å². The van der Waals surface area contributed by atoms with Gasteiger partial charge in [-0.05, 0) is 24.6 Å². The standard InChI is InChI=1S/C20H22N4O6S/c1-28-15-6-11(7-16(29-2)18(15)30-3)13-8-14(22-21-13)19(26)23-5-4-12(9-23)24-17(25)10-31-20(24)27/h6-8,12H,4-5,9-10H2,1-3H3,(H,21,22). The van der Waals surface area contributed by atoms with Gasteiger partial charge in [0.15, 0.2) is 11.5 Å². The molecule has 164 valence electrons. The number of H-pyrrole nitrogens is 1. The van der Waals surface area contributed by atoms with Crippen molar-refractivity contribution >= 4 is 28.8 Å². The zero-order valence-electron chi connectivity index (χ0n) is 17.3. The molecule has 2 aromatic rings. The summed E-state index contributed by atoms with van der Waals surface area (Å²) in [5.41, 5.74) is 1.55. The smallest absolute Gasteiger partial charge is 0.289 e. The first kappa shape index (κ1) is 21.0. The Hall–Kier alpha value is -3.21. The maximum atomic E-state index is 13.0. The molecule has 3 amide bonds. The fraction of sp³-hybridized carbons (Fsp3) is 0.400. The van der Waals surface area contributed by atoms with E-state index in [1.807, 2.05) is 0 Å². The number of nitrogens with one attached hydrogen (secondary N) is 1. The second kappa shape index (κ2) is 8.50. The van der Waals surface area contributed by atoms with E-state index < -0.39 is 0 Å². The van der Waals surface area contributed by atoms with Gasteiger partial charge >= 0.3 is 0 Å². The number of aromatic amines is 1. The first-order valence-electron chi connectivity index (χ1n) is 9.60. The van der Waals surface area contributed by atoms with E-state index in [9.17, 15) is 14.4 Å². The molecule has 0 saturated carbocycles. The van der Waals surface area contributed by atoms with E-state index in [1.165, 1.54) is 26.2 Å². The average molecular weight is 446 g/mol. The van der Waals surface area contributed by atoms with E-state index in [0.717, 1.165) is 11.8 Å². The number of likely N-dealkylation sites (tertiary alicyclic amines) is 1. The van der Waals surface area contributed by atoms with Crippen molar-refractivity contribution in [1.29, 1.82) is 0 Å². The molecule has 1 unspecified atom stereocenters. The normalized spacial score (nSPS) is 18.6. The fourth-order valence-corrected chi connectivity index (χ4v) is 4.61. The average Bonchev–Trinajstić information content (AvgIpc) is 3.52. The van der Waals surface area contributed by atoms with E-state index in [1.54, 1.807) is 23.1 Å². The summed E-state index contributed by atoms with van der Waals surface area (Å²) in [5.74, 6) is 1.16. The van der Waals surface area contributed by atoms with Gasteiger partial charge in [-0.2, -0.15) is 5.10 Å². The maximum absolute atomic E-state index is 13.0. The van der Waals surface area contributed by atoms with Gasteiger partial charge in [-0.1, -0.05) is 11.8 Å². The van der Waals surface area contributed by atoms with Gasteiger partial charge in [0.2, 0.25) is 11.7 Å². The molecule has 4 rings (SSSR count). The number of hydrogen-bond acceptors (Lipinski definition) is 8. The summed E-state index contributed by atoms with van der Waals surface area (Å²) < 4.78 is 16.1. The molecule has 2 fully saturated rings. The van der Waals surface area contributed by atoms with Crippen LogP contribution in [-0.4, -0.2) is 83.3 Å². The van der Waals surface area contributed by atoms with Crippen molar-refractivity contribution in [2.75, 3.05) is 40.2 Å². The molecule has 3 heterocycles. The lowest BCUT2D eigenvalue weighted by Gasteiger charge is -2.21. The molecule has 31 heavy (non-hydrogen) atoms. The number of amides is 3. The largest absolute Gasteiger partial charge is 0.493 e. The van der Waals surface area contributed by atoms with Crippen LogP contribution in [0.25, 0.3) is 11.3 Å². The van der Waals surface area contributed by atoms with Crippen LogP contribution in [0.3, 0.4) is 0 Å². The molecule has 2 aliphatic rings. The number of nitrogens with zero attached hydrogens (tertiary/aromatic N) is 3. The minimum atomic E-state index is -0.281. The maximum Gasteiger partial charge on any atom is 0.289 e. The zero-order chi connectivity index (χ0) is 22.1. The second-order valence-corrected chi connectivity index (χ2v) is 8.02. The SMILES string of the molecule is COc1cc(-c2cc(C(=O)N3CCC(N4C(=O)CSC4=O)C3)[nH]n2)cc(OC)c1OC. The number of thioether (sulfide) groups is 1. The number of aromatic nitrogens is 2. The molecule has 0 spiro atoms. The van der Waals surface area contributed by atoms with Gasteiger partial charge in [-0.15, -0.1) is 0 Å². The number of methoxy groups -OCH3 is 3. The molecule has 1 aromatic carbocycles. The van der Waals surface area contributed by atoms with Gasteiger partial charge in [0.25, 0.3) is 11.1 Å². The fourth-order valence-electron chi connectivity index (χ4n) is 3.83. The summed E-state index contributed by atoms with van der Waals surface area (Å²) in [7, 11) is 4.58.